The van der Waals surface area contributed by atoms with E-state index < -0.39 is 0 Å². The van der Waals surface area contributed by atoms with E-state index in [1.807, 2.05) is 25.1 Å². The number of para-hydroxylation sites is 1. The third kappa shape index (κ3) is 6.76. The Morgan fingerprint density at radius 2 is 2.00 bits per heavy atom. The number of hydrogen-bond donors (Lipinski definition) is 2. The molecular weight excluding hydrogens is 304 g/mol. The van der Waals surface area contributed by atoms with Gasteiger partial charge in [-0.3, -0.25) is 4.99 Å². The number of benzene rings is 1. The van der Waals surface area contributed by atoms with Gasteiger partial charge in [-0.15, -0.1) is 0 Å². The number of aliphatic imine (C=N–C) groups is 1. The summed E-state index contributed by atoms with van der Waals surface area (Å²) in [5.74, 6) is 1.70. The molecule has 0 fully saturated rings. The average molecular weight is 336 g/mol. The van der Waals surface area contributed by atoms with Gasteiger partial charge in [-0.2, -0.15) is 0 Å². The van der Waals surface area contributed by atoms with E-state index in [0.717, 1.165) is 50.0 Å². The van der Waals surface area contributed by atoms with Gasteiger partial charge in [0.15, 0.2) is 5.96 Å². The molecule has 0 amide bonds. The van der Waals surface area contributed by atoms with Crippen molar-refractivity contribution in [3.63, 3.8) is 0 Å². The lowest BCUT2D eigenvalue weighted by Gasteiger charge is -2.27. The predicted molar refractivity (Wildman–Crippen MR) is 99.9 cm³/mol. The lowest BCUT2D eigenvalue weighted by Crippen LogP contribution is -2.42. The number of likely N-dealkylation sites (N-methyl/N-ethyl adjacent to an activating group) is 1. The van der Waals surface area contributed by atoms with E-state index in [1.165, 1.54) is 0 Å². The molecule has 0 spiro atoms. The van der Waals surface area contributed by atoms with Crippen molar-refractivity contribution in [2.75, 3.05) is 54.6 Å². The number of guanidine groups is 1. The average Bonchev–Trinajstić information content (AvgIpc) is 2.60. The highest BCUT2D eigenvalue weighted by Gasteiger charge is 2.18. The molecule has 0 heterocycles. The van der Waals surface area contributed by atoms with Crippen molar-refractivity contribution < 1.29 is 9.47 Å². The molecule has 2 N–H and O–H groups in total. The molecule has 6 heteroatoms. The van der Waals surface area contributed by atoms with Gasteiger partial charge in [-0.05, 0) is 33.5 Å². The van der Waals surface area contributed by atoms with Gasteiger partial charge in [0.2, 0.25) is 0 Å². The summed E-state index contributed by atoms with van der Waals surface area (Å²) in [6.07, 6.45) is 0.957. The second kappa shape index (κ2) is 11.7. The van der Waals surface area contributed by atoms with Gasteiger partial charge in [0.25, 0.3) is 0 Å². The van der Waals surface area contributed by atoms with Crippen LogP contribution in [0, 0.1) is 0 Å². The highest BCUT2D eigenvalue weighted by molar-refractivity contribution is 5.79. The lowest BCUT2D eigenvalue weighted by molar-refractivity contribution is 0.145. The molecule has 0 aromatic heterocycles. The third-order valence-electron chi connectivity index (χ3n) is 3.77. The number of methoxy groups -OCH3 is 1. The highest BCUT2D eigenvalue weighted by Crippen LogP contribution is 2.27. The van der Waals surface area contributed by atoms with Crippen LogP contribution in [-0.4, -0.2) is 65.4 Å². The Kier molecular flexibility index (Phi) is 9.88. The Balaban J connectivity index is 2.59. The largest absolute Gasteiger partial charge is 0.496 e. The van der Waals surface area contributed by atoms with Crippen molar-refractivity contribution in [1.29, 1.82) is 0 Å². The maximum Gasteiger partial charge on any atom is 0.191 e. The fourth-order valence-corrected chi connectivity index (χ4v) is 2.45. The zero-order valence-corrected chi connectivity index (χ0v) is 15.6. The quantitative estimate of drug-likeness (QED) is 0.388. The monoisotopic (exact) mass is 336 g/mol. The van der Waals surface area contributed by atoms with E-state index in [9.17, 15) is 0 Å². The molecular formula is C18H32N4O2. The summed E-state index contributed by atoms with van der Waals surface area (Å²) in [5, 5.41) is 6.70. The zero-order chi connectivity index (χ0) is 17.8. The van der Waals surface area contributed by atoms with E-state index in [1.54, 1.807) is 14.2 Å². The van der Waals surface area contributed by atoms with Crippen LogP contribution in [0.15, 0.2) is 29.3 Å². The van der Waals surface area contributed by atoms with Gasteiger partial charge >= 0.3 is 0 Å². The molecule has 0 saturated carbocycles. The van der Waals surface area contributed by atoms with Crippen LogP contribution in [0.3, 0.4) is 0 Å². The first-order valence-electron chi connectivity index (χ1n) is 8.45. The molecule has 0 bridgehead atoms. The zero-order valence-electron chi connectivity index (χ0n) is 15.6. The summed E-state index contributed by atoms with van der Waals surface area (Å²) in [6, 6.07) is 8.30. The maximum absolute atomic E-state index is 5.50. The number of nitrogens with one attached hydrogen (secondary N) is 2. The molecule has 1 atom stereocenters. The predicted octanol–water partition coefficient (Wildman–Crippen LogP) is 1.89. The molecule has 0 radical (unpaired) electrons. The van der Waals surface area contributed by atoms with Crippen molar-refractivity contribution in [2.24, 2.45) is 4.99 Å². The summed E-state index contributed by atoms with van der Waals surface area (Å²) < 4.78 is 10.8. The molecule has 136 valence electrons. The van der Waals surface area contributed by atoms with Crippen LogP contribution < -0.4 is 15.4 Å². The number of ether oxygens (including phenoxy) is 2. The Hall–Kier alpha value is -1.79. The van der Waals surface area contributed by atoms with Crippen LogP contribution in [0.4, 0.5) is 0 Å². The summed E-state index contributed by atoms with van der Waals surface area (Å²) in [6.45, 7) is 5.10. The van der Waals surface area contributed by atoms with E-state index >= 15 is 0 Å². The standard InChI is InChI=1S/C18H32N4O2/c1-6-24-13-9-12-20-18(19-2)21-14-16(22(3)4)15-10-7-8-11-17(15)23-5/h7-8,10-11,16H,6,9,12-14H2,1-5H3,(H2,19,20,21). The number of hydrogen-bond acceptors (Lipinski definition) is 4. The summed E-state index contributed by atoms with van der Waals surface area (Å²) in [7, 11) is 7.62. The van der Waals surface area contributed by atoms with Gasteiger partial charge < -0.3 is 25.0 Å². The van der Waals surface area contributed by atoms with Crippen molar-refractivity contribution in [1.82, 2.24) is 15.5 Å². The Morgan fingerprint density at radius 3 is 2.62 bits per heavy atom. The van der Waals surface area contributed by atoms with Crippen LogP contribution in [0.2, 0.25) is 0 Å². The van der Waals surface area contributed by atoms with E-state index in [-0.39, 0.29) is 6.04 Å². The second-order valence-corrected chi connectivity index (χ2v) is 5.65. The van der Waals surface area contributed by atoms with Crippen molar-refractivity contribution in [3.05, 3.63) is 29.8 Å². The Morgan fingerprint density at radius 1 is 1.25 bits per heavy atom. The molecule has 1 aromatic rings. The first kappa shape index (κ1) is 20.3. The van der Waals surface area contributed by atoms with Crippen molar-refractivity contribution in [2.45, 2.75) is 19.4 Å². The fourth-order valence-electron chi connectivity index (χ4n) is 2.45. The SMILES string of the molecule is CCOCCCNC(=NC)NCC(c1ccccc1OC)N(C)C. The Labute approximate surface area is 146 Å². The highest BCUT2D eigenvalue weighted by atomic mass is 16.5. The summed E-state index contributed by atoms with van der Waals surface area (Å²) >= 11 is 0. The van der Waals surface area contributed by atoms with Crippen molar-refractivity contribution in [3.8, 4) is 5.75 Å². The molecule has 1 rings (SSSR count). The van der Waals surface area contributed by atoms with Gasteiger partial charge in [0, 0.05) is 38.9 Å². The van der Waals surface area contributed by atoms with Gasteiger partial charge in [0.1, 0.15) is 5.75 Å². The summed E-state index contributed by atoms with van der Waals surface area (Å²) in [5.41, 5.74) is 1.16. The van der Waals surface area contributed by atoms with Gasteiger partial charge in [0.05, 0.1) is 13.2 Å². The van der Waals surface area contributed by atoms with Crippen LogP contribution in [0.1, 0.15) is 24.9 Å². The molecule has 0 aliphatic rings. The minimum absolute atomic E-state index is 0.183. The Bertz CT molecular complexity index is 492. The topological polar surface area (TPSA) is 58.1 Å². The number of rotatable bonds is 10. The molecule has 0 aliphatic carbocycles. The molecule has 6 nitrogen and oxygen atoms in total. The van der Waals surface area contributed by atoms with E-state index in [4.69, 9.17) is 9.47 Å². The first-order valence-corrected chi connectivity index (χ1v) is 8.45. The van der Waals surface area contributed by atoms with Crippen molar-refractivity contribution >= 4 is 5.96 Å². The van der Waals surface area contributed by atoms with Gasteiger partial charge in [-0.25, -0.2) is 0 Å². The number of nitrogens with zero attached hydrogens (tertiary/aromatic N) is 2. The summed E-state index contributed by atoms with van der Waals surface area (Å²) in [4.78, 5) is 6.45. The van der Waals surface area contributed by atoms with Crippen LogP contribution in [-0.2, 0) is 4.74 Å². The molecule has 0 saturated heterocycles. The fraction of sp³-hybridized carbons (Fsp3) is 0.611. The van der Waals surface area contributed by atoms with Gasteiger partial charge in [-0.1, -0.05) is 18.2 Å². The smallest absolute Gasteiger partial charge is 0.191 e. The van der Waals surface area contributed by atoms with Crippen LogP contribution in [0.5, 0.6) is 5.75 Å². The minimum atomic E-state index is 0.183. The minimum Gasteiger partial charge on any atom is -0.496 e. The second-order valence-electron chi connectivity index (χ2n) is 5.65. The van der Waals surface area contributed by atoms with E-state index in [0.29, 0.717) is 0 Å². The maximum atomic E-state index is 5.50. The molecule has 0 aliphatic heterocycles. The molecule has 1 unspecified atom stereocenters. The third-order valence-corrected chi connectivity index (χ3v) is 3.77. The first-order chi connectivity index (χ1) is 11.6. The molecule has 1 aromatic carbocycles. The lowest BCUT2D eigenvalue weighted by atomic mass is 10.0. The van der Waals surface area contributed by atoms with Crippen LogP contribution in [0.25, 0.3) is 0 Å². The van der Waals surface area contributed by atoms with Crippen LogP contribution >= 0.6 is 0 Å². The molecule has 24 heavy (non-hydrogen) atoms. The van der Waals surface area contributed by atoms with E-state index in [2.05, 4.69) is 40.7 Å². The normalized spacial score (nSPS) is 13.0.